The van der Waals surface area contributed by atoms with E-state index < -0.39 is 24.2 Å². The summed E-state index contributed by atoms with van der Waals surface area (Å²) in [5.41, 5.74) is 0. The first kappa shape index (κ1) is 41.8. The van der Waals surface area contributed by atoms with Crippen LogP contribution >= 0.6 is 0 Å². The van der Waals surface area contributed by atoms with Gasteiger partial charge in [-0.15, -0.1) is 0 Å². The Balaban J connectivity index is 3.73. The lowest BCUT2D eigenvalue weighted by atomic mass is 10.0. The van der Waals surface area contributed by atoms with E-state index in [0.717, 1.165) is 32.1 Å². The molecule has 5 heteroatoms. The third-order valence-electron chi connectivity index (χ3n) is 8.54. The number of unbranched alkanes of at least 4 members (excludes halogenated alkanes) is 23. The molecule has 0 aliphatic carbocycles. The van der Waals surface area contributed by atoms with Crippen LogP contribution in [-0.4, -0.2) is 46.1 Å². The molecule has 0 spiro atoms. The lowest BCUT2D eigenvalue weighted by Gasteiger charge is -2.21. The summed E-state index contributed by atoms with van der Waals surface area (Å²) in [6.07, 6.45) is 39.1. The number of nitrogens with one attached hydrogen (secondary N) is 1. The van der Waals surface area contributed by atoms with Crippen LogP contribution < -0.4 is 5.32 Å². The molecule has 0 aliphatic heterocycles. The minimum Gasteiger partial charge on any atom is -0.394 e. The first-order valence-corrected chi connectivity index (χ1v) is 18.7. The second-order valence-corrected chi connectivity index (χ2v) is 12.8. The van der Waals surface area contributed by atoms with Crippen molar-refractivity contribution in [3.05, 3.63) is 24.3 Å². The standard InChI is InChI=1S/C38H73NO4/c1-3-5-7-9-11-13-15-16-17-18-19-20-21-23-25-27-29-31-33-37(42)38(43)39-35(34-40)36(41)32-30-28-26-24-22-14-12-10-8-6-4-2/h18-19,30,32,35-37,40-42H,3-17,20-29,31,33-34H2,1-2H3,(H,39,43)/b19-18-,32-30+. The van der Waals surface area contributed by atoms with E-state index in [1.165, 1.54) is 135 Å². The SMILES string of the molecule is CCCCCCCCCC/C=C\CCCCCCCCC(O)C(=O)NC(CO)C(O)/C=C/CCCCCCCCCCC. The van der Waals surface area contributed by atoms with Crippen LogP contribution in [0.4, 0.5) is 0 Å². The highest BCUT2D eigenvalue weighted by atomic mass is 16.3. The van der Waals surface area contributed by atoms with Crippen molar-refractivity contribution in [1.29, 1.82) is 0 Å². The zero-order chi connectivity index (χ0) is 31.6. The lowest BCUT2D eigenvalue weighted by molar-refractivity contribution is -0.131. The van der Waals surface area contributed by atoms with Crippen molar-refractivity contribution in [1.82, 2.24) is 5.32 Å². The van der Waals surface area contributed by atoms with E-state index in [0.29, 0.717) is 6.42 Å². The molecule has 0 saturated carbocycles. The van der Waals surface area contributed by atoms with Gasteiger partial charge in [0.15, 0.2) is 0 Å². The fourth-order valence-electron chi connectivity index (χ4n) is 5.53. The third-order valence-corrected chi connectivity index (χ3v) is 8.54. The Hall–Kier alpha value is -1.17. The summed E-state index contributed by atoms with van der Waals surface area (Å²) in [7, 11) is 0. The average Bonchev–Trinajstić information content (AvgIpc) is 3.01. The van der Waals surface area contributed by atoms with Crippen molar-refractivity contribution < 1.29 is 20.1 Å². The van der Waals surface area contributed by atoms with E-state index in [1.807, 2.05) is 6.08 Å². The molecule has 0 aromatic heterocycles. The number of carbonyl (C=O) groups excluding carboxylic acids is 1. The summed E-state index contributed by atoms with van der Waals surface area (Å²) in [6, 6.07) is -0.795. The molecule has 0 aliphatic rings. The van der Waals surface area contributed by atoms with Crippen LogP contribution in [0.2, 0.25) is 0 Å². The van der Waals surface area contributed by atoms with Gasteiger partial charge in [-0.05, 0) is 44.9 Å². The highest BCUT2D eigenvalue weighted by Gasteiger charge is 2.22. The molecular formula is C38H73NO4. The first-order valence-electron chi connectivity index (χ1n) is 18.7. The van der Waals surface area contributed by atoms with Crippen LogP contribution in [-0.2, 0) is 4.79 Å². The van der Waals surface area contributed by atoms with Gasteiger partial charge >= 0.3 is 0 Å². The van der Waals surface area contributed by atoms with Crippen LogP contribution in [0, 0.1) is 0 Å². The van der Waals surface area contributed by atoms with E-state index >= 15 is 0 Å². The Labute approximate surface area is 267 Å². The van der Waals surface area contributed by atoms with Crippen LogP contribution in [0.1, 0.15) is 187 Å². The maximum atomic E-state index is 12.4. The molecule has 0 fully saturated rings. The minimum absolute atomic E-state index is 0.365. The summed E-state index contributed by atoms with van der Waals surface area (Å²) < 4.78 is 0. The van der Waals surface area contributed by atoms with E-state index in [-0.39, 0.29) is 6.61 Å². The summed E-state index contributed by atoms with van der Waals surface area (Å²) in [5.74, 6) is -0.510. The second-order valence-electron chi connectivity index (χ2n) is 12.8. The molecule has 3 unspecified atom stereocenters. The van der Waals surface area contributed by atoms with Crippen LogP contribution in [0.5, 0.6) is 0 Å². The Morgan fingerprint density at radius 3 is 1.35 bits per heavy atom. The Morgan fingerprint density at radius 2 is 0.930 bits per heavy atom. The molecule has 0 rings (SSSR count). The molecule has 0 radical (unpaired) electrons. The predicted octanol–water partition coefficient (Wildman–Crippen LogP) is 9.87. The van der Waals surface area contributed by atoms with Crippen molar-refractivity contribution >= 4 is 5.91 Å². The van der Waals surface area contributed by atoms with E-state index in [1.54, 1.807) is 6.08 Å². The number of aliphatic hydroxyl groups is 3. The summed E-state index contributed by atoms with van der Waals surface area (Å²) >= 11 is 0. The van der Waals surface area contributed by atoms with Crippen molar-refractivity contribution in [2.75, 3.05) is 6.61 Å². The number of amides is 1. The Morgan fingerprint density at radius 1 is 0.558 bits per heavy atom. The van der Waals surface area contributed by atoms with E-state index in [4.69, 9.17) is 0 Å². The maximum absolute atomic E-state index is 12.4. The number of rotatable bonds is 33. The molecule has 5 nitrogen and oxygen atoms in total. The van der Waals surface area contributed by atoms with Gasteiger partial charge in [-0.25, -0.2) is 0 Å². The van der Waals surface area contributed by atoms with E-state index in [9.17, 15) is 20.1 Å². The number of aliphatic hydroxyl groups excluding tert-OH is 3. The summed E-state index contributed by atoms with van der Waals surface area (Å²) in [5, 5.41) is 32.9. The van der Waals surface area contributed by atoms with Gasteiger partial charge in [-0.3, -0.25) is 4.79 Å². The van der Waals surface area contributed by atoms with Crippen LogP contribution in [0.15, 0.2) is 24.3 Å². The largest absolute Gasteiger partial charge is 0.394 e. The quantitative estimate of drug-likeness (QED) is 0.0441. The fraction of sp³-hybridized carbons (Fsp3) is 0.868. The van der Waals surface area contributed by atoms with Crippen molar-refractivity contribution in [3.8, 4) is 0 Å². The highest BCUT2D eigenvalue weighted by molar-refractivity contribution is 5.80. The Kier molecular flexibility index (Phi) is 32.8. The normalized spacial score (nSPS) is 14.1. The van der Waals surface area contributed by atoms with Gasteiger partial charge in [0.1, 0.15) is 6.10 Å². The smallest absolute Gasteiger partial charge is 0.249 e. The molecule has 0 aromatic rings. The second kappa shape index (κ2) is 33.7. The van der Waals surface area contributed by atoms with Gasteiger partial charge < -0.3 is 20.6 Å². The van der Waals surface area contributed by atoms with Crippen molar-refractivity contribution in [3.63, 3.8) is 0 Å². The molecule has 3 atom stereocenters. The molecule has 4 N–H and O–H groups in total. The van der Waals surface area contributed by atoms with Gasteiger partial charge in [-0.2, -0.15) is 0 Å². The minimum atomic E-state index is -1.10. The molecule has 0 saturated heterocycles. The van der Waals surface area contributed by atoms with Gasteiger partial charge in [0.05, 0.1) is 18.8 Å². The van der Waals surface area contributed by atoms with E-state index in [2.05, 4.69) is 31.3 Å². The molecule has 0 bridgehead atoms. The van der Waals surface area contributed by atoms with Crippen molar-refractivity contribution in [2.24, 2.45) is 0 Å². The fourth-order valence-corrected chi connectivity index (χ4v) is 5.53. The lowest BCUT2D eigenvalue weighted by Crippen LogP contribution is -2.48. The molecule has 43 heavy (non-hydrogen) atoms. The van der Waals surface area contributed by atoms with Crippen LogP contribution in [0.25, 0.3) is 0 Å². The molecule has 0 aromatic carbocycles. The van der Waals surface area contributed by atoms with Gasteiger partial charge in [-0.1, -0.05) is 167 Å². The molecule has 254 valence electrons. The average molecular weight is 608 g/mol. The van der Waals surface area contributed by atoms with Gasteiger partial charge in [0.2, 0.25) is 5.91 Å². The zero-order valence-corrected chi connectivity index (χ0v) is 28.6. The van der Waals surface area contributed by atoms with Crippen molar-refractivity contribution in [2.45, 2.75) is 205 Å². The topological polar surface area (TPSA) is 89.8 Å². The summed E-state index contributed by atoms with van der Waals surface area (Å²) in [4.78, 5) is 12.4. The molecule has 1 amide bonds. The maximum Gasteiger partial charge on any atom is 0.249 e. The zero-order valence-electron chi connectivity index (χ0n) is 28.6. The Bertz CT molecular complexity index is 635. The van der Waals surface area contributed by atoms with Crippen LogP contribution in [0.3, 0.4) is 0 Å². The number of allylic oxidation sites excluding steroid dienone is 3. The number of hydrogen-bond donors (Lipinski definition) is 4. The molecular weight excluding hydrogens is 534 g/mol. The van der Waals surface area contributed by atoms with Gasteiger partial charge in [0.25, 0.3) is 0 Å². The predicted molar refractivity (Wildman–Crippen MR) is 185 cm³/mol. The third kappa shape index (κ3) is 29.3. The number of hydrogen-bond acceptors (Lipinski definition) is 4. The molecule has 0 heterocycles. The highest BCUT2D eigenvalue weighted by Crippen LogP contribution is 2.13. The monoisotopic (exact) mass is 608 g/mol. The summed E-state index contributed by atoms with van der Waals surface area (Å²) in [6.45, 7) is 4.15. The van der Waals surface area contributed by atoms with Gasteiger partial charge in [0, 0.05) is 0 Å². The number of carbonyl (C=O) groups is 1. The first-order chi connectivity index (χ1) is 21.1.